The van der Waals surface area contributed by atoms with E-state index in [1.807, 2.05) is 54.6 Å². The summed E-state index contributed by atoms with van der Waals surface area (Å²) in [5.74, 6) is 0.787. The third-order valence-corrected chi connectivity index (χ3v) is 4.73. The SMILES string of the molecule is COc1ccc(C(NC(=O)c2ccc3c(c2)OCC(=O)N3)c2ccccc2)cc1. The van der Waals surface area contributed by atoms with E-state index >= 15 is 0 Å². The minimum atomic E-state index is -0.328. The first kappa shape index (κ1) is 18.6. The fraction of sp³-hybridized carbons (Fsp3) is 0.130. The van der Waals surface area contributed by atoms with Crippen molar-refractivity contribution in [3.63, 3.8) is 0 Å². The number of hydrogen-bond acceptors (Lipinski definition) is 4. The van der Waals surface area contributed by atoms with Crippen LogP contribution in [0.3, 0.4) is 0 Å². The summed E-state index contributed by atoms with van der Waals surface area (Å²) in [6.45, 7) is -0.0590. The van der Waals surface area contributed by atoms with Gasteiger partial charge >= 0.3 is 0 Å². The Balaban J connectivity index is 1.62. The number of methoxy groups -OCH3 is 1. The van der Waals surface area contributed by atoms with Gasteiger partial charge in [0.2, 0.25) is 0 Å². The summed E-state index contributed by atoms with van der Waals surface area (Å²) in [7, 11) is 1.62. The van der Waals surface area contributed by atoms with Crippen molar-refractivity contribution in [2.45, 2.75) is 6.04 Å². The smallest absolute Gasteiger partial charge is 0.262 e. The van der Waals surface area contributed by atoms with Crippen LogP contribution in [0.5, 0.6) is 11.5 Å². The van der Waals surface area contributed by atoms with Crippen molar-refractivity contribution in [3.05, 3.63) is 89.5 Å². The van der Waals surface area contributed by atoms with E-state index < -0.39 is 0 Å². The van der Waals surface area contributed by atoms with Gasteiger partial charge in [0, 0.05) is 5.56 Å². The van der Waals surface area contributed by atoms with E-state index in [1.54, 1.807) is 25.3 Å². The molecule has 3 aromatic rings. The molecule has 0 bridgehead atoms. The molecule has 29 heavy (non-hydrogen) atoms. The summed E-state index contributed by atoms with van der Waals surface area (Å²) in [5.41, 5.74) is 2.92. The lowest BCUT2D eigenvalue weighted by atomic mass is 9.98. The monoisotopic (exact) mass is 388 g/mol. The Kier molecular flexibility index (Phi) is 5.16. The first-order valence-electron chi connectivity index (χ1n) is 9.20. The molecule has 6 nitrogen and oxygen atoms in total. The highest BCUT2D eigenvalue weighted by atomic mass is 16.5. The minimum Gasteiger partial charge on any atom is -0.497 e. The van der Waals surface area contributed by atoms with E-state index in [4.69, 9.17) is 9.47 Å². The molecule has 146 valence electrons. The lowest BCUT2D eigenvalue weighted by molar-refractivity contribution is -0.118. The van der Waals surface area contributed by atoms with Crippen molar-refractivity contribution in [3.8, 4) is 11.5 Å². The molecule has 1 aliphatic rings. The maximum atomic E-state index is 13.0. The Bertz CT molecular complexity index is 1030. The summed E-state index contributed by atoms with van der Waals surface area (Å²) >= 11 is 0. The molecule has 0 radical (unpaired) electrons. The quantitative estimate of drug-likeness (QED) is 0.701. The lowest BCUT2D eigenvalue weighted by Crippen LogP contribution is -2.30. The van der Waals surface area contributed by atoms with Gasteiger partial charge in [-0.1, -0.05) is 42.5 Å². The molecule has 0 fully saturated rings. The molecule has 2 amide bonds. The molecular formula is C23H20N2O4. The summed E-state index contributed by atoms with van der Waals surface area (Å²) in [6.07, 6.45) is 0. The molecule has 0 aliphatic carbocycles. The van der Waals surface area contributed by atoms with E-state index in [0.29, 0.717) is 17.0 Å². The Labute approximate surface area is 168 Å². The highest BCUT2D eigenvalue weighted by molar-refractivity contribution is 5.99. The van der Waals surface area contributed by atoms with E-state index in [1.165, 1.54) is 0 Å². The number of rotatable bonds is 5. The number of carbonyl (C=O) groups is 2. The van der Waals surface area contributed by atoms with Gasteiger partial charge < -0.3 is 20.1 Å². The zero-order valence-electron chi connectivity index (χ0n) is 15.8. The predicted molar refractivity (Wildman–Crippen MR) is 109 cm³/mol. The normalized spacial score (nSPS) is 13.5. The predicted octanol–water partition coefficient (Wildman–Crippen LogP) is 3.55. The summed E-state index contributed by atoms with van der Waals surface area (Å²) < 4.78 is 10.7. The Morgan fingerprint density at radius 2 is 1.76 bits per heavy atom. The molecule has 6 heteroatoms. The van der Waals surface area contributed by atoms with Gasteiger partial charge in [0.15, 0.2) is 6.61 Å². The number of carbonyl (C=O) groups excluding carboxylic acids is 2. The van der Waals surface area contributed by atoms with Gasteiger partial charge in [-0.25, -0.2) is 0 Å². The van der Waals surface area contributed by atoms with Crippen LogP contribution in [0, 0.1) is 0 Å². The van der Waals surface area contributed by atoms with Crippen LogP contribution in [0.1, 0.15) is 27.5 Å². The van der Waals surface area contributed by atoms with Crippen LogP contribution in [-0.4, -0.2) is 25.5 Å². The van der Waals surface area contributed by atoms with Crippen molar-refractivity contribution in [1.29, 1.82) is 0 Å². The maximum absolute atomic E-state index is 13.0. The first-order chi connectivity index (χ1) is 14.1. The van der Waals surface area contributed by atoms with Crippen LogP contribution >= 0.6 is 0 Å². The number of amides is 2. The summed E-state index contributed by atoms with van der Waals surface area (Å²) in [5, 5.41) is 5.82. The second-order valence-corrected chi connectivity index (χ2v) is 6.64. The molecule has 4 rings (SSSR count). The van der Waals surface area contributed by atoms with Crippen molar-refractivity contribution in [2.24, 2.45) is 0 Å². The number of nitrogens with one attached hydrogen (secondary N) is 2. The van der Waals surface area contributed by atoms with E-state index in [0.717, 1.165) is 16.9 Å². The van der Waals surface area contributed by atoms with Crippen molar-refractivity contribution in [1.82, 2.24) is 5.32 Å². The molecule has 0 saturated carbocycles. The second-order valence-electron chi connectivity index (χ2n) is 6.64. The topological polar surface area (TPSA) is 76.7 Å². The number of hydrogen-bond donors (Lipinski definition) is 2. The second kappa shape index (κ2) is 8.06. The van der Waals surface area contributed by atoms with Gasteiger partial charge in [-0.2, -0.15) is 0 Å². The standard InChI is InChI=1S/C23H20N2O4/c1-28-18-10-7-16(8-11-18)22(15-5-3-2-4-6-15)25-23(27)17-9-12-19-20(13-17)29-14-21(26)24-19/h2-13,22H,14H2,1H3,(H,24,26)(H,25,27). The third kappa shape index (κ3) is 4.06. The van der Waals surface area contributed by atoms with Crippen LogP contribution in [0.25, 0.3) is 0 Å². The van der Waals surface area contributed by atoms with Gasteiger partial charge in [0.25, 0.3) is 11.8 Å². The Hall–Kier alpha value is -3.80. The van der Waals surface area contributed by atoms with Gasteiger partial charge in [-0.3, -0.25) is 9.59 Å². The fourth-order valence-corrected chi connectivity index (χ4v) is 3.23. The fourth-order valence-electron chi connectivity index (χ4n) is 3.23. The van der Waals surface area contributed by atoms with E-state index in [-0.39, 0.29) is 24.5 Å². The molecular weight excluding hydrogens is 368 g/mol. The molecule has 0 aromatic heterocycles. The zero-order valence-corrected chi connectivity index (χ0v) is 15.8. The van der Waals surface area contributed by atoms with Crippen LogP contribution in [0.15, 0.2) is 72.8 Å². The maximum Gasteiger partial charge on any atom is 0.262 e. The van der Waals surface area contributed by atoms with E-state index in [9.17, 15) is 9.59 Å². The first-order valence-corrected chi connectivity index (χ1v) is 9.20. The molecule has 0 spiro atoms. The third-order valence-electron chi connectivity index (χ3n) is 4.73. The van der Waals surface area contributed by atoms with Crippen LogP contribution in [-0.2, 0) is 4.79 Å². The van der Waals surface area contributed by atoms with Gasteiger partial charge in [0.1, 0.15) is 11.5 Å². The Morgan fingerprint density at radius 3 is 2.48 bits per heavy atom. The van der Waals surface area contributed by atoms with Crippen LogP contribution < -0.4 is 20.1 Å². The molecule has 1 heterocycles. The van der Waals surface area contributed by atoms with Gasteiger partial charge in [0.05, 0.1) is 18.8 Å². The van der Waals surface area contributed by atoms with Crippen LogP contribution in [0.4, 0.5) is 5.69 Å². The molecule has 1 atom stereocenters. The zero-order chi connectivity index (χ0) is 20.2. The van der Waals surface area contributed by atoms with Crippen LogP contribution in [0.2, 0.25) is 0 Å². The highest BCUT2D eigenvalue weighted by Crippen LogP contribution is 2.29. The van der Waals surface area contributed by atoms with Crippen molar-refractivity contribution >= 4 is 17.5 Å². The molecule has 1 aliphatic heterocycles. The average molecular weight is 388 g/mol. The summed E-state index contributed by atoms with van der Waals surface area (Å²) in [4.78, 5) is 24.4. The number of anilines is 1. The number of ether oxygens (including phenoxy) is 2. The van der Waals surface area contributed by atoms with Crippen molar-refractivity contribution in [2.75, 3.05) is 19.0 Å². The summed E-state index contributed by atoms with van der Waals surface area (Å²) in [6, 6.07) is 22.0. The van der Waals surface area contributed by atoms with Gasteiger partial charge in [-0.15, -0.1) is 0 Å². The number of fused-ring (bicyclic) bond motifs is 1. The minimum absolute atomic E-state index is 0.0590. The number of benzene rings is 3. The van der Waals surface area contributed by atoms with E-state index in [2.05, 4.69) is 10.6 Å². The lowest BCUT2D eigenvalue weighted by Gasteiger charge is -2.21. The molecule has 1 unspecified atom stereocenters. The highest BCUT2D eigenvalue weighted by Gasteiger charge is 2.21. The molecule has 0 saturated heterocycles. The largest absolute Gasteiger partial charge is 0.497 e. The molecule has 2 N–H and O–H groups in total. The van der Waals surface area contributed by atoms with Crippen molar-refractivity contribution < 1.29 is 19.1 Å². The average Bonchev–Trinajstić information content (AvgIpc) is 2.77. The molecule has 3 aromatic carbocycles. The van der Waals surface area contributed by atoms with Gasteiger partial charge in [-0.05, 0) is 41.5 Å². The Morgan fingerprint density at radius 1 is 1.03 bits per heavy atom.